The summed E-state index contributed by atoms with van der Waals surface area (Å²) in [6.45, 7) is 2.18. The molecule has 0 bridgehead atoms. The zero-order chi connectivity index (χ0) is 12.2. The number of nitrogens with two attached hydrogens (primary N) is 1. The lowest BCUT2D eigenvalue weighted by Gasteiger charge is -2.50. The molecule has 0 saturated carbocycles. The average Bonchev–Trinajstić information content (AvgIpc) is 2.31. The highest BCUT2D eigenvalue weighted by atomic mass is 28.4. The summed E-state index contributed by atoms with van der Waals surface area (Å²) in [4.78, 5) is 0. The lowest BCUT2D eigenvalue weighted by Crippen LogP contribution is -2.73. The summed E-state index contributed by atoms with van der Waals surface area (Å²) in [5.41, 5.74) is -0.671. The average molecular weight is 247 g/mol. The first-order chi connectivity index (χ1) is 7.60. The Labute approximate surface area is 99.6 Å². The third-order valence-corrected chi connectivity index (χ3v) is 7.66. The molecule has 1 aliphatic heterocycles. The predicted molar refractivity (Wildman–Crippen MR) is 66.1 cm³/mol. The van der Waals surface area contributed by atoms with Crippen molar-refractivity contribution < 1.29 is 13.9 Å². The maximum atomic E-state index is 6.45. The molecule has 1 rings (SSSR count). The molecule has 1 fully saturated rings. The van der Waals surface area contributed by atoms with Gasteiger partial charge >= 0.3 is 8.48 Å². The van der Waals surface area contributed by atoms with E-state index in [0.29, 0.717) is 5.92 Å². The Kier molecular flexibility index (Phi) is 4.94. The molecule has 0 radical (unpaired) electrons. The molecule has 0 aromatic heterocycles. The Hall–Kier alpha value is 0.0569. The quantitative estimate of drug-likeness (QED) is 0.594. The van der Waals surface area contributed by atoms with Crippen molar-refractivity contribution in [1.29, 1.82) is 0 Å². The number of methoxy groups -OCH3 is 2. The highest BCUT2D eigenvalue weighted by Crippen LogP contribution is 2.43. The van der Waals surface area contributed by atoms with Crippen molar-refractivity contribution in [2.45, 2.75) is 44.1 Å². The molecule has 96 valence electrons. The predicted octanol–water partition coefficient (Wildman–Crippen LogP) is 1.77. The van der Waals surface area contributed by atoms with Crippen LogP contribution in [0, 0.1) is 5.92 Å². The zero-order valence-electron chi connectivity index (χ0n) is 10.9. The molecule has 5 heteroatoms. The van der Waals surface area contributed by atoms with Gasteiger partial charge in [0.15, 0.2) is 5.41 Å². The van der Waals surface area contributed by atoms with Crippen LogP contribution in [-0.2, 0) is 13.9 Å². The summed E-state index contributed by atoms with van der Waals surface area (Å²) >= 11 is 0. The fraction of sp³-hybridized carbons (Fsp3) is 1.00. The van der Waals surface area contributed by atoms with Crippen LogP contribution in [0.3, 0.4) is 0 Å². The summed E-state index contributed by atoms with van der Waals surface area (Å²) in [5, 5.41) is 6.45. The maximum absolute atomic E-state index is 6.45. The van der Waals surface area contributed by atoms with Gasteiger partial charge in [-0.15, -0.1) is 0 Å². The Balaban J connectivity index is 3.02. The Morgan fingerprint density at radius 2 is 1.94 bits per heavy atom. The molecule has 0 aliphatic carbocycles. The summed E-state index contributed by atoms with van der Waals surface area (Å²) in [5.74, 6) is 0.359. The van der Waals surface area contributed by atoms with E-state index in [4.69, 9.17) is 19.3 Å². The van der Waals surface area contributed by atoms with E-state index in [9.17, 15) is 0 Å². The second kappa shape index (κ2) is 5.60. The van der Waals surface area contributed by atoms with E-state index in [1.807, 2.05) is 0 Å². The zero-order valence-corrected chi connectivity index (χ0v) is 11.9. The molecule has 1 saturated heterocycles. The van der Waals surface area contributed by atoms with Crippen molar-refractivity contribution in [3.63, 3.8) is 0 Å². The highest BCUT2D eigenvalue weighted by molar-refractivity contribution is 6.73. The van der Waals surface area contributed by atoms with Crippen LogP contribution >= 0.6 is 0 Å². The summed E-state index contributed by atoms with van der Waals surface area (Å²) in [6, 6.07) is 0.908. The van der Waals surface area contributed by atoms with Gasteiger partial charge in [0, 0.05) is 27.2 Å². The lowest BCUT2D eigenvalue weighted by atomic mass is 9.96. The van der Waals surface area contributed by atoms with Gasteiger partial charge in [0.25, 0.3) is 0 Å². The van der Waals surface area contributed by atoms with Crippen LogP contribution < -0.4 is 5.40 Å². The Morgan fingerprint density at radius 3 is 2.38 bits per heavy atom. The highest BCUT2D eigenvalue weighted by Gasteiger charge is 2.60. The molecule has 4 nitrogen and oxygen atoms in total. The van der Waals surface area contributed by atoms with Crippen LogP contribution in [0.2, 0.25) is 6.04 Å². The topological polar surface area (TPSA) is 53.7 Å². The van der Waals surface area contributed by atoms with Gasteiger partial charge in [0.1, 0.15) is 0 Å². The second-order valence-electron chi connectivity index (χ2n) is 4.55. The van der Waals surface area contributed by atoms with Gasteiger partial charge in [-0.25, -0.2) is 0 Å². The van der Waals surface area contributed by atoms with Crippen LogP contribution in [0.5, 0.6) is 0 Å². The molecule has 2 atom stereocenters. The van der Waals surface area contributed by atoms with E-state index >= 15 is 0 Å². The van der Waals surface area contributed by atoms with E-state index in [2.05, 4.69) is 6.92 Å². The van der Waals surface area contributed by atoms with Gasteiger partial charge in [-0.05, 0) is 18.9 Å². The van der Waals surface area contributed by atoms with Crippen LogP contribution in [-0.4, -0.2) is 35.2 Å². The Morgan fingerprint density at radius 1 is 1.31 bits per heavy atom. The van der Waals surface area contributed by atoms with Crippen molar-refractivity contribution in [3.8, 4) is 0 Å². The smallest absolute Gasteiger partial charge is 0.330 e. The van der Waals surface area contributed by atoms with Gasteiger partial charge in [0.05, 0.1) is 0 Å². The molecule has 0 spiro atoms. The fourth-order valence-electron chi connectivity index (χ4n) is 3.01. The normalized spacial score (nSPS) is 33.9. The number of hydrogen-bond donors (Lipinski definition) is 1. The van der Waals surface area contributed by atoms with E-state index in [1.54, 1.807) is 21.3 Å². The molecular formula is C11H25NO3Si. The summed E-state index contributed by atoms with van der Waals surface area (Å²) in [7, 11) is 2.62. The van der Waals surface area contributed by atoms with Gasteiger partial charge in [0.2, 0.25) is 0 Å². The third-order valence-electron chi connectivity index (χ3n) is 3.84. The van der Waals surface area contributed by atoms with Crippen molar-refractivity contribution in [1.82, 2.24) is 0 Å². The fourth-order valence-corrected chi connectivity index (χ4v) is 6.25. The standard InChI is InChI=1S/C11H25NO3Si/c1-5-7-10-8-6-9-16(12,15-4)11(10,13-2)14-3/h10H,5-9,12H2,1-4H3. The van der Waals surface area contributed by atoms with Gasteiger partial charge < -0.3 is 19.3 Å². The molecule has 2 N–H and O–H groups in total. The number of rotatable bonds is 5. The van der Waals surface area contributed by atoms with Crippen LogP contribution in [0.1, 0.15) is 32.6 Å². The monoisotopic (exact) mass is 247 g/mol. The number of hydrogen-bond acceptors (Lipinski definition) is 4. The summed E-state index contributed by atoms with van der Waals surface area (Å²) < 4.78 is 17.0. The first kappa shape index (κ1) is 14.1. The maximum Gasteiger partial charge on any atom is 0.330 e. The van der Waals surface area contributed by atoms with Crippen molar-refractivity contribution >= 4 is 8.48 Å². The van der Waals surface area contributed by atoms with Crippen molar-refractivity contribution in [2.75, 3.05) is 21.3 Å². The molecule has 0 aromatic carbocycles. The van der Waals surface area contributed by atoms with E-state index < -0.39 is 13.9 Å². The molecular weight excluding hydrogens is 222 g/mol. The molecule has 1 aliphatic rings. The second-order valence-corrected chi connectivity index (χ2v) is 7.93. The van der Waals surface area contributed by atoms with Crippen LogP contribution in [0.25, 0.3) is 0 Å². The molecule has 0 aromatic rings. The molecule has 2 unspecified atom stereocenters. The van der Waals surface area contributed by atoms with Gasteiger partial charge in [-0.1, -0.05) is 19.8 Å². The molecule has 16 heavy (non-hydrogen) atoms. The Bertz CT molecular complexity index is 221. The lowest BCUT2D eigenvalue weighted by molar-refractivity contribution is -0.203. The minimum absolute atomic E-state index is 0.359. The minimum atomic E-state index is -2.43. The van der Waals surface area contributed by atoms with E-state index in [0.717, 1.165) is 31.7 Å². The minimum Gasteiger partial charge on any atom is -0.403 e. The first-order valence-corrected chi connectivity index (χ1v) is 8.23. The van der Waals surface area contributed by atoms with E-state index in [1.165, 1.54) is 0 Å². The van der Waals surface area contributed by atoms with Crippen molar-refractivity contribution in [2.24, 2.45) is 11.3 Å². The number of ether oxygens (including phenoxy) is 2. The van der Waals surface area contributed by atoms with E-state index in [-0.39, 0.29) is 0 Å². The first-order valence-electron chi connectivity index (χ1n) is 6.04. The molecule has 1 heterocycles. The summed E-state index contributed by atoms with van der Waals surface area (Å²) in [6.07, 6.45) is 4.44. The van der Waals surface area contributed by atoms with Gasteiger partial charge in [-0.3, -0.25) is 0 Å². The van der Waals surface area contributed by atoms with Gasteiger partial charge in [-0.2, -0.15) is 0 Å². The third kappa shape index (κ3) is 2.07. The van der Waals surface area contributed by atoms with Crippen LogP contribution in [0.4, 0.5) is 0 Å². The molecule has 0 amide bonds. The SMILES string of the molecule is CCCC1CCC[Si](N)(OC)C1(OC)OC. The largest absolute Gasteiger partial charge is 0.403 e. The van der Waals surface area contributed by atoms with Crippen molar-refractivity contribution in [3.05, 3.63) is 0 Å². The van der Waals surface area contributed by atoms with Crippen LogP contribution in [0.15, 0.2) is 0 Å².